The average molecular weight is 382 g/mol. The molecular formula is C20H19FN4OS. The molecule has 2 aromatic carbocycles. The van der Waals surface area contributed by atoms with Gasteiger partial charge in [0.05, 0.1) is 22.5 Å². The fourth-order valence-corrected chi connectivity index (χ4v) is 3.90. The number of carbonyl (C=O) groups is 1. The largest absolute Gasteiger partial charge is 0.354 e. The number of amides is 1. The van der Waals surface area contributed by atoms with E-state index >= 15 is 0 Å². The molecule has 0 spiro atoms. The van der Waals surface area contributed by atoms with Crippen LogP contribution in [0.15, 0.2) is 53.6 Å². The molecule has 1 aliphatic rings. The molecule has 0 radical (unpaired) electrons. The van der Waals surface area contributed by atoms with Gasteiger partial charge in [-0.2, -0.15) is 0 Å². The fraction of sp³-hybridized carbons (Fsp3) is 0.250. The molecule has 1 N–H and O–H groups in total. The summed E-state index contributed by atoms with van der Waals surface area (Å²) < 4.78 is 13.7. The van der Waals surface area contributed by atoms with E-state index in [0.29, 0.717) is 0 Å². The first-order chi connectivity index (χ1) is 13.2. The van der Waals surface area contributed by atoms with Crippen LogP contribution in [0.1, 0.15) is 12.8 Å². The third kappa shape index (κ3) is 4.03. The third-order valence-corrected chi connectivity index (χ3v) is 5.37. The number of nitrogens with one attached hydrogen (secondary N) is 1. The molecule has 5 nitrogen and oxygen atoms in total. The Morgan fingerprint density at radius 2 is 1.70 bits per heavy atom. The number of nitrogens with zero attached hydrogens (tertiary/aromatic N) is 3. The molecule has 3 aromatic rings. The molecule has 0 aliphatic carbocycles. The molecule has 4 rings (SSSR count). The number of para-hydroxylation sites is 3. The maximum atomic E-state index is 13.7. The molecule has 27 heavy (non-hydrogen) atoms. The van der Waals surface area contributed by atoms with Crippen molar-refractivity contribution in [3.05, 3.63) is 54.3 Å². The zero-order valence-electron chi connectivity index (χ0n) is 14.7. The Hall–Kier alpha value is -2.67. The number of carbonyl (C=O) groups excluding carboxylic acids is 1. The second kappa shape index (κ2) is 7.92. The summed E-state index contributed by atoms with van der Waals surface area (Å²) in [4.78, 5) is 24.0. The predicted molar refractivity (Wildman–Crippen MR) is 107 cm³/mol. The van der Waals surface area contributed by atoms with Crippen LogP contribution in [-0.4, -0.2) is 34.7 Å². The summed E-state index contributed by atoms with van der Waals surface area (Å²) in [6, 6.07) is 13.9. The Labute approximate surface area is 161 Å². The van der Waals surface area contributed by atoms with Crippen molar-refractivity contribution in [2.45, 2.75) is 17.9 Å². The van der Waals surface area contributed by atoms with Gasteiger partial charge in [0.1, 0.15) is 10.8 Å². The highest BCUT2D eigenvalue weighted by molar-refractivity contribution is 8.00. The zero-order valence-corrected chi connectivity index (χ0v) is 15.5. The summed E-state index contributed by atoms with van der Waals surface area (Å²) in [6.45, 7) is 1.89. The van der Waals surface area contributed by atoms with E-state index in [-0.39, 0.29) is 17.3 Å². The number of thioether (sulfide) groups is 1. The average Bonchev–Trinajstić information content (AvgIpc) is 3.22. The van der Waals surface area contributed by atoms with E-state index in [1.165, 1.54) is 17.8 Å². The Morgan fingerprint density at radius 1 is 1.04 bits per heavy atom. The highest BCUT2D eigenvalue weighted by Crippen LogP contribution is 2.31. The molecule has 1 fully saturated rings. The second-order valence-corrected chi connectivity index (χ2v) is 7.32. The van der Waals surface area contributed by atoms with Crippen LogP contribution < -0.4 is 10.2 Å². The topological polar surface area (TPSA) is 58.1 Å². The Morgan fingerprint density at radius 3 is 2.44 bits per heavy atom. The monoisotopic (exact) mass is 382 g/mol. The lowest BCUT2D eigenvalue weighted by molar-refractivity contribution is -0.113. The number of rotatable bonds is 5. The van der Waals surface area contributed by atoms with Crippen molar-refractivity contribution in [2.24, 2.45) is 0 Å². The number of anilines is 2. The molecule has 0 bridgehead atoms. The van der Waals surface area contributed by atoms with Crippen LogP contribution in [0.2, 0.25) is 0 Å². The quantitative estimate of drug-likeness (QED) is 0.673. The maximum Gasteiger partial charge on any atom is 0.234 e. The van der Waals surface area contributed by atoms with Gasteiger partial charge in [0, 0.05) is 13.1 Å². The van der Waals surface area contributed by atoms with Gasteiger partial charge in [-0.05, 0) is 37.1 Å². The van der Waals surface area contributed by atoms with E-state index in [0.717, 1.165) is 47.8 Å². The van der Waals surface area contributed by atoms with Gasteiger partial charge < -0.3 is 10.2 Å². The van der Waals surface area contributed by atoms with Crippen molar-refractivity contribution in [1.29, 1.82) is 0 Å². The van der Waals surface area contributed by atoms with Crippen molar-refractivity contribution >= 4 is 40.2 Å². The maximum absolute atomic E-state index is 13.7. The van der Waals surface area contributed by atoms with Gasteiger partial charge in [-0.25, -0.2) is 14.4 Å². The van der Waals surface area contributed by atoms with Crippen molar-refractivity contribution in [2.75, 3.05) is 29.1 Å². The lowest BCUT2D eigenvalue weighted by atomic mass is 10.3. The molecule has 1 saturated heterocycles. The van der Waals surface area contributed by atoms with E-state index in [9.17, 15) is 9.18 Å². The van der Waals surface area contributed by atoms with E-state index in [4.69, 9.17) is 9.97 Å². The first-order valence-electron chi connectivity index (χ1n) is 8.89. The predicted octanol–water partition coefficient (Wildman–Crippen LogP) is 4.10. The molecule has 1 amide bonds. The second-order valence-electron chi connectivity index (χ2n) is 6.35. The summed E-state index contributed by atoms with van der Waals surface area (Å²) in [6.07, 6.45) is 2.26. The van der Waals surface area contributed by atoms with E-state index in [1.54, 1.807) is 18.2 Å². The first-order valence-corrected chi connectivity index (χ1v) is 9.88. The molecule has 1 aromatic heterocycles. The lowest BCUT2D eigenvalue weighted by Gasteiger charge is -2.19. The Balaban J connectivity index is 1.54. The molecule has 2 heterocycles. The Kier molecular flexibility index (Phi) is 5.20. The van der Waals surface area contributed by atoms with Crippen LogP contribution in [-0.2, 0) is 4.79 Å². The van der Waals surface area contributed by atoms with Crippen LogP contribution in [0.5, 0.6) is 0 Å². The van der Waals surface area contributed by atoms with E-state index < -0.39 is 5.82 Å². The van der Waals surface area contributed by atoms with E-state index in [2.05, 4.69) is 10.2 Å². The minimum Gasteiger partial charge on any atom is -0.354 e. The number of aromatic nitrogens is 2. The SMILES string of the molecule is O=C(CSc1nc2ccccc2nc1N1CCCC1)Nc1ccccc1F. The van der Waals surface area contributed by atoms with Gasteiger partial charge in [0.15, 0.2) is 5.82 Å². The minimum atomic E-state index is -0.445. The van der Waals surface area contributed by atoms with Crippen LogP contribution >= 0.6 is 11.8 Å². The first kappa shape index (κ1) is 17.7. The van der Waals surface area contributed by atoms with Crippen molar-refractivity contribution in [1.82, 2.24) is 9.97 Å². The van der Waals surface area contributed by atoms with Gasteiger partial charge in [-0.3, -0.25) is 4.79 Å². The van der Waals surface area contributed by atoms with Crippen LogP contribution in [0.25, 0.3) is 11.0 Å². The fourth-order valence-electron chi connectivity index (χ4n) is 3.09. The molecule has 7 heteroatoms. The number of hydrogen-bond acceptors (Lipinski definition) is 5. The van der Waals surface area contributed by atoms with Crippen molar-refractivity contribution < 1.29 is 9.18 Å². The summed E-state index contributed by atoms with van der Waals surface area (Å²) in [7, 11) is 0. The number of hydrogen-bond donors (Lipinski definition) is 1. The number of benzene rings is 2. The Bertz CT molecular complexity index is 975. The van der Waals surface area contributed by atoms with Gasteiger partial charge in [0.2, 0.25) is 5.91 Å². The van der Waals surface area contributed by atoms with Crippen LogP contribution in [0, 0.1) is 5.82 Å². The number of fused-ring (bicyclic) bond motifs is 1. The highest BCUT2D eigenvalue weighted by Gasteiger charge is 2.20. The minimum absolute atomic E-state index is 0.141. The van der Waals surface area contributed by atoms with E-state index in [1.807, 2.05) is 24.3 Å². The van der Waals surface area contributed by atoms with Gasteiger partial charge >= 0.3 is 0 Å². The molecule has 0 unspecified atom stereocenters. The van der Waals surface area contributed by atoms with Crippen LogP contribution in [0.4, 0.5) is 15.9 Å². The van der Waals surface area contributed by atoms with Crippen molar-refractivity contribution in [3.63, 3.8) is 0 Å². The normalized spacial score (nSPS) is 13.9. The molecular weight excluding hydrogens is 363 g/mol. The molecule has 0 saturated carbocycles. The summed E-state index contributed by atoms with van der Waals surface area (Å²) >= 11 is 1.33. The summed E-state index contributed by atoms with van der Waals surface area (Å²) in [5.41, 5.74) is 1.84. The van der Waals surface area contributed by atoms with Crippen LogP contribution in [0.3, 0.4) is 0 Å². The number of halogens is 1. The zero-order chi connectivity index (χ0) is 18.6. The third-order valence-electron chi connectivity index (χ3n) is 4.41. The van der Waals surface area contributed by atoms with Gasteiger partial charge in [-0.15, -0.1) is 0 Å². The smallest absolute Gasteiger partial charge is 0.234 e. The summed E-state index contributed by atoms with van der Waals surface area (Å²) in [5.74, 6) is 0.253. The lowest BCUT2D eigenvalue weighted by Crippen LogP contribution is -2.21. The highest BCUT2D eigenvalue weighted by atomic mass is 32.2. The molecule has 0 atom stereocenters. The molecule has 1 aliphatic heterocycles. The van der Waals surface area contributed by atoms with Gasteiger partial charge in [0.25, 0.3) is 0 Å². The van der Waals surface area contributed by atoms with Gasteiger partial charge in [-0.1, -0.05) is 36.0 Å². The standard InChI is InChI=1S/C20H19FN4OS/c21-14-7-1-2-8-15(14)22-18(26)13-27-20-19(25-11-5-6-12-25)23-16-9-3-4-10-17(16)24-20/h1-4,7-10H,5-6,11-13H2,(H,22,26). The molecule has 138 valence electrons. The summed E-state index contributed by atoms with van der Waals surface area (Å²) in [5, 5.41) is 3.35. The van der Waals surface area contributed by atoms with Crippen molar-refractivity contribution in [3.8, 4) is 0 Å².